The molecule has 2 rings (SSSR count). The van der Waals surface area contributed by atoms with E-state index in [2.05, 4.69) is 28.1 Å². The maximum Gasteiger partial charge on any atom is 0.119 e. The molecule has 0 aliphatic carbocycles. The Labute approximate surface area is 139 Å². The molecular formula is C17H20BrNOS. The summed E-state index contributed by atoms with van der Waals surface area (Å²) in [6, 6.07) is 16.4. The normalized spacial score (nSPS) is 12.4. The Morgan fingerprint density at radius 2 is 1.67 bits per heavy atom. The number of rotatable bonds is 6. The highest BCUT2D eigenvalue weighted by Gasteiger charge is 2.07. The molecule has 0 amide bonds. The first-order valence-corrected chi connectivity index (χ1v) is 8.73. The Bertz CT molecular complexity index is 554. The zero-order valence-electron chi connectivity index (χ0n) is 12.3. The van der Waals surface area contributed by atoms with Crippen LogP contribution in [0.2, 0.25) is 0 Å². The third kappa shape index (κ3) is 5.38. The van der Waals surface area contributed by atoms with Crippen LogP contribution in [0.25, 0.3) is 0 Å². The number of thioether (sulfide) groups is 1. The zero-order chi connectivity index (χ0) is 15.2. The van der Waals surface area contributed by atoms with Crippen LogP contribution in [0.15, 0.2) is 57.9 Å². The van der Waals surface area contributed by atoms with E-state index >= 15 is 0 Å². The molecular weight excluding hydrogens is 346 g/mol. The average Bonchev–Trinajstić information content (AvgIpc) is 2.46. The summed E-state index contributed by atoms with van der Waals surface area (Å²) in [7, 11) is 0. The molecule has 1 unspecified atom stereocenters. The minimum absolute atomic E-state index is 0.0201. The van der Waals surface area contributed by atoms with Crippen molar-refractivity contribution in [2.24, 2.45) is 5.73 Å². The number of halogens is 1. The fourth-order valence-electron chi connectivity index (χ4n) is 1.88. The second kappa shape index (κ2) is 7.87. The molecule has 0 saturated heterocycles. The van der Waals surface area contributed by atoms with E-state index in [1.54, 1.807) is 11.8 Å². The van der Waals surface area contributed by atoms with Gasteiger partial charge in [0.2, 0.25) is 0 Å². The van der Waals surface area contributed by atoms with Crippen LogP contribution in [-0.4, -0.2) is 11.9 Å². The predicted octanol–water partition coefficient (Wildman–Crippen LogP) is 5.03. The Kier molecular flexibility index (Phi) is 6.15. The Morgan fingerprint density at radius 3 is 2.24 bits per heavy atom. The molecule has 0 aliphatic rings. The third-order valence-electron chi connectivity index (χ3n) is 2.92. The van der Waals surface area contributed by atoms with Crippen molar-refractivity contribution in [3.63, 3.8) is 0 Å². The first-order chi connectivity index (χ1) is 10.0. The lowest BCUT2D eigenvalue weighted by Crippen LogP contribution is -2.13. The molecule has 1 atom stereocenters. The van der Waals surface area contributed by atoms with E-state index in [4.69, 9.17) is 10.5 Å². The van der Waals surface area contributed by atoms with Gasteiger partial charge in [-0.2, -0.15) is 0 Å². The second-order valence-electron chi connectivity index (χ2n) is 5.11. The number of benzene rings is 2. The number of nitrogens with two attached hydrogens (primary N) is 1. The monoisotopic (exact) mass is 365 g/mol. The van der Waals surface area contributed by atoms with Gasteiger partial charge in [0, 0.05) is 21.2 Å². The van der Waals surface area contributed by atoms with Crippen LogP contribution in [0.4, 0.5) is 0 Å². The van der Waals surface area contributed by atoms with Crippen molar-refractivity contribution in [2.45, 2.75) is 30.9 Å². The molecule has 21 heavy (non-hydrogen) atoms. The van der Waals surface area contributed by atoms with Crippen molar-refractivity contribution < 1.29 is 4.74 Å². The van der Waals surface area contributed by atoms with E-state index in [9.17, 15) is 0 Å². The van der Waals surface area contributed by atoms with Gasteiger partial charge in [0.05, 0.1) is 6.10 Å². The average molecular weight is 366 g/mol. The molecule has 2 aromatic carbocycles. The van der Waals surface area contributed by atoms with Crippen molar-refractivity contribution in [1.82, 2.24) is 0 Å². The fourth-order valence-corrected chi connectivity index (χ4v) is 3.04. The molecule has 0 saturated carbocycles. The lowest BCUT2D eigenvalue weighted by Gasteiger charge is -2.14. The largest absolute Gasteiger partial charge is 0.491 e. The summed E-state index contributed by atoms with van der Waals surface area (Å²) in [6.07, 6.45) is 0.192. The van der Waals surface area contributed by atoms with Gasteiger partial charge in [0.15, 0.2) is 0 Å². The smallest absolute Gasteiger partial charge is 0.119 e. The maximum atomic E-state index is 6.25. The van der Waals surface area contributed by atoms with Crippen molar-refractivity contribution in [3.05, 3.63) is 58.6 Å². The van der Waals surface area contributed by atoms with Gasteiger partial charge >= 0.3 is 0 Å². The Morgan fingerprint density at radius 1 is 1.05 bits per heavy atom. The van der Waals surface area contributed by atoms with E-state index in [1.165, 1.54) is 4.90 Å². The van der Waals surface area contributed by atoms with Crippen LogP contribution >= 0.6 is 27.7 Å². The van der Waals surface area contributed by atoms with Crippen molar-refractivity contribution in [1.29, 1.82) is 0 Å². The summed E-state index contributed by atoms with van der Waals surface area (Å²) < 4.78 is 6.73. The number of hydrogen-bond acceptors (Lipinski definition) is 3. The topological polar surface area (TPSA) is 35.2 Å². The van der Waals surface area contributed by atoms with Crippen LogP contribution in [-0.2, 0) is 0 Å². The van der Waals surface area contributed by atoms with Gasteiger partial charge in [-0.1, -0.05) is 28.1 Å². The zero-order valence-corrected chi connectivity index (χ0v) is 14.7. The van der Waals surface area contributed by atoms with Gasteiger partial charge in [0.25, 0.3) is 0 Å². The molecule has 2 N–H and O–H groups in total. The van der Waals surface area contributed by atoms with Gasteiger partial charge in [-0.3, -0.25) is 0 Å². The van der Waals surface area contributed by atoms with Gasteiger partial charge in [0.1, 0.15) is 5.75 Å². The highest BCUT2D eigenvalue weighted by atomic mass is 79.9. The summed E-state index contributed by atoms with van der Waals surface area (Å²) >= 11 is 5.21. The molecule has 2 aromatic rings. The van der Waals surface area contributed by atoms with E-state index < -0.39 is 0 Å². The van der Waals surface area contributed by atoms with Crippen molar-refractivity contribution in [3.8, 4) is 5.75 Å². The van der Waals surface area contributed by atoms with Gasteiger partial charge in [-0.25, -0.2) is 0 Å². The van der Waals surface area contributed by atoms with E-state index in [0.717, 1.165) is 21.5 Å². The quantitative estimate of drug-likeness (QED) is 0.729. The SMILES string of the molecule is CC(C)Oc1ccc(C(N)CSc2ccc(Br)cc2)cc1. The Balaban J connectivity index is 1.90. The third-order valence-corrected chi connectivity index (χ3v) is 4.58. The van der Waals surface area contributed by atoms with E-state index in [1.807, 2.05) is 50.2 Å². The molecule has 0 bridgehead atoms. The van der Waals surface area contributed by atoms with Crippen LogP contribution < -0.4 is 10.5 Å². The highest BCUT2D eigenvalue weighted by Crippen LogP contribution is 2.26. The summed E-state index contributed by atoms with van der Waals surface area (Å²) in [5, 5.41) is 0. The molecule has 0 aliphatic heterocycles. The number of ether oxygens (including phenoxy) is 1. The molecule has 0 heterocycles. The van der Waals surface area contributed by atoms with Crippen molar-refractivity contribution >= 4 is 27.7 Å². The van der Waals surface area contributed by atoms with Gasteiger partial charge in [-0.15, -0.1) is 11.8 Å². The van der Waals surface area contributed by atoms with E-state index in [-0.39, 0.29) is 12.1 Å². The molecule has 112 valence electrons. The summed E-state index contributed by atoms with van der Waals surface area (Å²) in [5.74, 6) is 1.74. The lowest BCUT2D eigenvalue weighted by molar-refractivity contribution is 0.242. The standard InChI is InChI=1S/C17H20BrNOS/c1-12(2)20-15-7-3-13(4-8-15)17(19)11-21-16-9-5-14(18)6-10-16/h3-10,12,17H,11,19H2,1-2H3. The van der Waals surface area contributed by atoms with Crippen LogP contribution in [0.3, 0.4) is 0 Å². The molecule has 2 nitrogen and oxygen atoms in total. The second-order valence-corrected chi connectivity index (χ2v) is 7.12. The van der Waals surface area contributed by atoms with E-state index in [0.29, 0.717) is 0 Å². The maximum absolute atomic E-state index is 6.25. The fraction of sp³-hybridized carbons (Fsp3) is 0.294. The summed E-state index contributed by atoms with van der Waals surface area (Å²) in [5.41, 5.74) is 7.39. The van der Waals surface area contributed by atoms with Crippen LogP contribution in [0.1, 0.15) is 25.5 Å². The van der Waals surface area contributed by atoms with Gasteiger partial charge in [-0.05, 0) is 55.8 Å². The molecule has 4 heteroatoms. The predicted molar refractivity (Wildman–Crippen MR) is 94.0 cm³/mol. The summed E-state index contributed by atoms with van der Waals surface area (Å²) in [4.78, 5) is 1.23. The Hall–Kier alpha value is -0.970. The highest BCUT2D eigenvalue weighted by molar-refractivity contribution is 9.10. The minimum atomic E-state index is 0.0201. The van der Waals surface area contributed by atoms with Crippen LogP contribution in [0.5, 0.6) is 5.75 Å². The molecule has 0 fully saturated rings. The first kappa shape index (κ1) is 16.4. The first-order valence-electron chi connectivity index (χ1n) is 6.95. The number of hydrogen-bond donors (Lipinski definition) is 1. The molecule has 0 spiro atoms. The minimum Gasteiger partial charge on any atom is -0.491 e. The van der Waals surface area contributed by atoms with Crippen molar-refractivity contribution in [2.75, 3.05) is 5.75 Å². The van der Waals surface area contributed by atoms with Gasteiger partial charge < -0.3 is 10.5 Å². The lowest BCUT2D eigenvalue weighted by atomic mass is 10.1. The molecule has 0 radical (unpaired) electrons. The van der Waals surface area contributed by atoms with Crippen LogP contribution in [0, 0.1) is 0 Å². The summed E-state index contributed by atoms with van der Waals surface area (Å²) in [6.45, 7) is 4.04. The molecule has 0 aromatic heterocycles.